The number of pyridine rings is 1. The van der Waals surface area contributed by atoms with Crippen molar-refractivity contribution < 1.29 is 23.8 Å². The van der Waals surface area contributed by atoms with Crippen LogP contribution in [0.5, 0.6) is 5.88 Å². The second-order valence-corrected chi connectivity index (χ2v) is 10.8. The molecular weight excluding hydrogens is 549 g/mol. The molecule has 0 aliphatic carbocycles. The van der Waals surface area contributed by atoms with E-state index < -0.39 is 11.8 Å². The van der Waals surface area contributed by atoms with Crippen LogP contribution in [0.2, 0.25) is 5.02 Å². The minimum absolute atomic E-state index is 0.0652. The van der Waals surface area contributed by atoms with Crippen LogP contribution in [-0.2, 0) is 30.9 Å². The molecule has 2 aromatic carbocycles. The Morgan fingerprint density at radius 3 is 2.80 bits per heavy atom. The fraction of sp³-hybridized carbons (Fsp3) is 0.333. The number of aromatic carboxylic acids is 1. The van der Waals surface area contributed by atoms with Gasteiger partial charge >= 0.3 is 5.97 Å². The Morgan fingerprint density at radius 2 is 2.10 bits per heavy atom. The lowest BCUT2D eigenvalue weighted by Gasteiger charge is -2.35. The molecule has 0 bridgehead atoms. The third-order valence-electron chi connectivity index (χ3n) is 7.81. The van der Waals surface area contributed by atoms with E-state index >= 15 is 0 Å². The van der Waals surface area contributed by atoms with Gasteiger partial charge in [-0.2, -0.15) is 5.26 Å². The Labute approximate surface area is 240 Å². The number of aromatic nitrogens is 3. The molecule has 0 saturated carbocycles. The van der Waals surface area contributed by atoms with E-state index in [1.54, 1.807) is 36.4 Å². The molecule has 2 aliphatic rings. The lowest BCUT2D eigenvalue weighted by molar-refractivity contribution is -0.0592. The lowest BCUT2D eigenvalue weighted by atomic mass is 9.97. The molecule has 6 rings (SSSR count). The summed E-state index contributed by atoms with van der Waals surface area (Å²) in [5.74, 6) is -0.497. The van der Waals surface area contributed by atoms with Crippen molar-refractivity contribution >= 4 is 28.6 Å². The molecule has 1 N–H and O–H groups in total. The van der Waals surface area contributed by atoms with Gasteiger partial charge in [0.05, 0.1) is 47.5 Å². The number of nitriles is 1. The summed E-state index contributed by atoms with van der Waals surface area (Å²) in [4.78, 5) is 23.5. The number of halogens is 2. The highest BCUT2D eigenvalue weighted by Gasteiger charge is 2.30. The van der Waals surface area contributed by atoms with Crippen LogP contribution >= 0.6 is 11.6 Å². The highest BCUT2D eigenvalue weighted by atomic mass is 35.5. The monoisotopic (exact) mass is 575 g/mol. The summed E-state index contributed by atoms with van der Waals surface area (Å²) >= 11 is 5.86. The lowest BCUT2D eigenvalue weighted by Crippen LogP contribution is -2.36. The summed E-state index contributed by atoms with van der Waals surface area (Å²) in [5.41, 5.74) is 4.09. The van der Waals surface area contributed by atoms with Gasteiger partial charge in [0.15, 0.2) is 0 Å². The number of fused-ring (bicyclic) bond motifs is 2. The van der Waals surface area contributed by atoms with Crippen LogP contribution in [0.3, 0.4) is 0 Å². The average molecular weight is 576 g/mol. The molecule has 0 radical (unpaired) electrons. The number of carboxylic acid groups (broad SMARTS) is 1. The fourth-order valence-corrected chi connectivity index (χ4v) is 5.54. The van der Waals surface area contributed by atoms with E-state index in [0.717, 1.165) is 47.7 Å². The zero-order valence-corrected chi connectivity index (χ0v) is 23.1. The van der Waals surface area contributed by atoms with Gasteiger partial charge in [-0.25, -0.2) is 19.2 Å². The van der Waals surface area contributed by atoms with Crippen molar-refractivity contribution in [1.29, 1.82) is 5.26 Å². The van der Waals surface area contributed by atoms with E-state index in [1.165, 1.54) is 6.07 Å². The average Bonchev–Trinajstić information content (AvgIpc) is 3.27. The number of hydrogen-bond acceptors (Lipinski definition) is 7. The highest BCUT2D eigenvalue weighted by molar-refractivity contribution is 6.30. The summed E-state index contributed by atoms with van der Waals surface area (Å²) in [7, 11) is 0. The van der Waals surface area contributed by atoms with Gasteiger partial charge in [0.1, 0.15) is 29.9 Å². The van der Waals surface area contributed by atoms with Gasteiger partial charge in [0.2, 0.25) is 5.88 Å². The maximum absolute atomic E-state index is 14.3. The van der Waals surface area contributed by atoms with Gasteiger partial charge in [-0.1, -0.05) is 17.7 Å². The minimum atomic E-state index is -0.984. The van der Waals surface area contributed by atoms with Crippen LogP contribution in [0.25, 0.3) is 11.0 Å². The number of carboxylic acids is 1. The maximum Gasteiger partial charge on any atom is 0.335 e. The number of rotatable bonds is 8. The third-order valence-corrected chi connectivity index (χ3v) is 8.05. The minimum Gasteiger partial charge on any atom is -0.478 e. The third kappa shape index (κ3) is 5.36. The predicted molar refractivity (Wildman–Crippen MR) is 148 cm³/mol. The van der Waals surface area contributed by atoms with Crippen LogP contribution in [-0.4, -0.2) is 49.8 Å². The normalized spacial score (nSPS) is 18.5. The topological polar surface area (TPSA) is 114 Å². The Hall–Kier alpha value is -4.04. The number of hydrogen-bond donors (Lipinski definition) is 1. The molecule has 0 amide bonds. The first-order chi connectivity index (χ1) is 19.8. The van der Waals surface area contributed by atoms with Crippen LogP contribution < -0.4 is 4.74 Å². The molecule has 2 atom stereocenters. The van der Waals surface area contributed by atoms with Crippen LogP contribution in [0.4, 0.5) is 4.39 Å². The van der Waals surface area contributed by atoms with E-state index in [9.17, 15) is 19.6 Å². The first-order valence-corrected chi connectivity index (χ1v) is 13.8. The largest absolute Gasteiger partial charge is 0.478 e. The second-order valence-electron chi connectivity index (χ2n) is 10.3. The number of benzene rings is 2. The zero-order valence-electron chi connectivity index (χ0n) is 22.3. The van der Waals surface area contributed by atoms with Crippen molar-refractivity contribution in [2.75, 3.05) is 13.2 Å². The maximum atomic E-state index is 14.3. The summed E-state index contributed by atoms with van der Waals surface area (Å²) in [6, 6.07) is 13.2. The van der Waals surface area contributed by atoms with E-state index in [1.807, 2.05) is 6.92 Å². The summed E-state index contributed by atoms with van der Waals surface area (Å²) < 4.78 is 27.9. The van der Waals surface area contributed by atoms with Crippen molar-refractivity contribution in [3.63, 3.8) is 0 Å². The molecule has 4 aromatic rings. The van der Waals surface area contributed by atoms with Gasteiger partial charge in [-0.15, -0.1) is 0 Å². The van der Waals surface area contributed by atoms with Crippen LogP contribution in [0, 0.1) is 17.1 Å². The number of carbonyl (C=O) groups is 1. The number of nitrogens with zero attached hydrogens (tertiary/aromatic N) is 5. The summed E-state index contributed by atoms with van der Waals surface area (Å²) in [5, 5.41) is 19.6. The Morgan fingerprint density at radius 1 is 1.27 bits per heavy atom. The molecule has 210 valence electrons. The van der Waals surface area contributed by atoms with Crippen molar-refractivity contribution in [3.05, 3.63) is 87.1 Å². The molecule has 0 spiro atoms. The highest BCUT2D eigenvalue weighted by Crippen LogP contribution is 2.33. The first-order valence-electron chi connectivity index (χ1n) is 13.4. The molecular formula is C30H27ClFN5O4. The summed E-state index contributed by atoms with van der Waals surface area (Å²) in [6.45, 7) is 4.51. The van der Waals surface area contributed by atoms with Crippen molar-refractivity contribution in [2.24, 2.45) is 0 Å². The van der Waals surface area contributed by atoms with Crippen LogP contribution in [0.15, 0.2) is 42.5 Å². The zero-order chi connectivity index (χ0) is 28.7. The van der Waals surface area contributed by atoms with Gasteiger partial charge in [-0.3, -0.25) is 4.90 Å². The SMILES string of the molecule is C[C@H]1c2nc(OCc3ccc(Cl)cc3F)c(C#N)cc2CCN1Cc1nc2ccc(C(=O)O)cc2n1C[C@@H]1CCO1. The van der Waals surface area contributed by atoms with Crippen molar-refractivity contribution in [2.45, 2.75) is 51.6 Å². The molecule has 41 heavy (non-hydrogen) atoms. The smallest absolute Gasteiger partial charge is 0.335 e. The van der Waals surface area contributed by atoms with Gasteiger partial charge in [0, 0.05) is 23.7 Å². The molecule has 2 aliphatic heterocycles. The molecule has 1 fully saturated rings. The molecule has 9 nitrogen and oxygen atoms in total. The van der Waals surface area contributed by atoms with E-state index in [4.69, 9.17) is 31.0 Å². The standard InChI is InChI=1S/C30H27ClFN5O4/c1-17-28-18(10-21(13-33)29(35-28)41-16-20-2-4-22(31)12-24(20)32)6-8-36(17)15-27-34-25-5-3-19(30(38)39)11-26(25)37(27)14-23-7-9-40-23/h2-5,10-12,17,23H,6-9,14-16H2,1H3,(H,38,39)/t17-,23-/m0/s1. The molecule has 2 aromatic heterocycles. The van der Waals surface area contributed by atoms with Gasteiger partial charge in [-0.05, 0) is 61.7 Å². The van der Waals surface area contributed by atoms with Crippen molar-refractivity contribution in [1.82, 2.24) is 19.4 Å². The van der Waals surface area contributed by atoms with E-state index in [2.05, 4.69) is 15.5 Å². The quantitative estimate of drug-likeness (QED) is 0.302. The fourth-order valence-electron chi connectivity index (χ4n) is 5.38. The first kappa shape index (κ1) is 27.1. The number of imidazole rings is 1. The van der Waals surface area contributed by atoms with E-state index in [-0.39, 0.29) is 30.2 Å². The number of ether oxygens (including phenoxy) is 2. The van der Waals surface area contributed by atoms with Crippen LogP contribution in [0.1, 0.15) is 58.0 Å². The van der Waals surface area contributed by atoms with Crippen molar-refractivity contribution in [3.8, 4) is 11.9 Å². The predicted octanol–water partition coefficient (Wildman–Crippen LogP) is 5.28. The molecule has 4 heterocycles. The Balaban J connectivity index is 1.28. The Kier molecular flexibility index (Phi) is 7.34. The molecule has 1 saturated heterocycles. The van der Waals surface area contributed by atoms with Gasteiger partial charge in [0.25, 0.3) is 0 Å². The van der Waals surface area contributed by atoms with Gasteiger partial charge < -0.3 is 19.1 Å². The summed E-state index contributed by atoms with van der Waals surface area (Å²) in [6.07, 6.45) is 1.69. The molecule has 0 unspecified atom stereocenters. The molecule has 11 heteroatoms. The second kappa shape index (κ2) is 11.1. The Bertz CT molecular complexity index is 1700. The van der Waals surface area contributed by atoms with E-state index in [0.29, 0.717) is 35.7 Å².